The standard InChI is InChI=1S/C17H16F3N7O3S2/c1-4-32(29,30)16-13(15-21-7-5-11(27(15)24-16)25-31(2,3)28)14-22-12-9-10(17(18,19)20)6-8-26(12)23-14/h5-9H,4H2,1-3H3. The fourth-order valence-electron chi connectivity index (χ4n) is 2.92. The monoisotopic (exact) mass is 487 g/mol. The van der Waals surface area contributed by atoms with E-state index >= 15 is 0 Å². The van der Waals surface area contributed by atoms with Gasteiger partial charge < -0.3 is 0 Å². The van der Waals surface area contributed by atoms with Gasteiger partial charge in [0.25, 0.3) is 0 Å². The van der Waals surface area contributed by atoms with E-state index in [-0.39, 0.29) is 34.3 Å². The maximum Gasteiger partial charge on any atom is 0.416 e. The molecule has 0 N–H and O–H groups in total. The Morgan fingerprint density at radius 1 is 1.12 bits per heavy atom. The van der Waals surface area contributed by atoms with Crippen molar-refractivity contribution in [3.05, 3.63) is 36.2 Å². The van der Waals surface area contributed by atoms with Crippen LogP contribution in [0.15, 0.2) is 40.0 Å². The number of pyridine rings is 1. The van der Waals surface area contributed by atoms with Crippen LogP contribution in [-0.4, -0.2) is 60.1 Å². The third kappa shape index (κ3) is 3.92. The minimum atomic E-state index is -4.58. The predicted molar refractivity (Wildman–Crippen MR) is 110 cm³/mol. The third-order valence-electron chi connectivity index (χ3n) is 4.34. The van der Waals surface area contributed by atoms with Gasteiger partial charge >= 0.3 is 6.18 Å². The second kappa shape index (κ2) is 7.23. The minimum absolute atomic E-state index is 0.00822. The Hall–Kier alpha value is -3.07. The molecule has 32 heavy (non-hydrogen) atoms. The molecule has 0 aliphatic carbocycles. The normalized spacial score (nSPS) is 13.2. The Labute approximate surface area is 180 Å². The highest BCUT2D eigenvalue weighted by atomic mass is 32.2. The van der Waals surface area contributed by atoms with Crippen molar-refractivity contribution in [1.29, 1.82) is 0 Å². The van der Waals surface area contributed by atoms with Gasteiger partial charge in [-0.1, -0.05) is 6.92 Å². The van der Waals surface area contributed by atoms with Crippen molar-refractivity contribution in [1.82, 2.24) is 29.2 Å². The number of fused-ring (bicyclic) bond motifs is 2. The van der Waals surface area contributed by atoms with Crippen LogP contribution in [-0.2, 0) is 25.7 Å². The van der Waals surface area contributed by atoms with Gasteiger partial charge in [0, 0.05) is 40.7 Å². The summed E-state index contributed by atoms with van der Waals surface area (Å²) < 4.78 is 83.1. The molecule has 0 unspecified atom stereocenters. The molecule has 0 amide bonds. The lowest BCUT2D eigenvalue weighted by Gasteiger charge is -2.05. The first kappa shape index (κ1) is 22.1. The van der Waals surface area contributed by atoms with E-state index in [0.717, 1.165) is 27.4 Å². The molecule has 0 aromatic carbocycles. The highest BCUT2D eigenvalue weighted by Gasteiger charge is 2.32. The second-order valence-electron chi connectivity index (χ2n) is 7.05. The van der Waals surface area contributed by atoms with Gasteiger partial charge in [0.2, 0.25) is 0 Å². The molecule has 0 radical (unpaired) electrons. The number of sulfone groups is 1. The lowest BCUT2D eigenvalue weighted by molar-refractivity contribution is -0.137. The van der Waals surface area contributed by atoms with Crippen LogP contribution in [0.2, 0.25) is 0 Å². The van der Waals surface area contributed by atoms with Crippen LogP contribution in [0.4, 0.5) is 19.0 Å². The van der Waals surface area contributed by atoms with Crippen LogP contribution in [0.1, 0.15) is 12.5 Å². The maximum atomic E-state index is 13.1. The summed E-state index contributed by atoms with van der Waals surface area (Å²) in [4.78, 5) is 8.26. The molecule has 10 nitrogen and oxygen atoms in total. The summed E-state index contributed by atoms with van der Waals surface area (Å²) in [7, 11) is -6.54. The quantitative estimate of drug-likeness (QED) is 0.433. The van der Waals surface area contributed by atoms with Gasteiger partial charge in [-0.05, 0) is 12.1 Å². The first-order valence-electron chi connectivity index (χ1n) is 9.02. The number of alkyl halides is 3. The Balaban J connectivity index is 2.06. The molecule has 15 heteroatoms. The Kier molecular flexibility index (Phi) is 5.00. The highest BCUT2D eigenvalue weighted by Crippen LogP contribution is 2.33. The van der Waals surface area contributed by atoms with E-state index in [1.54, 1.807) is 0 Å². The molecular weight excluding hydrogens is 471 g/mol. The molecule has 0 saturated carbocycles. The van der Waals surface area contributed by atoms with Crippen LogP contribution < -0.4 is 0 Å². The first-order chi connectivity index (χ1) is 14.8. The largest absolute Gasteiger partial charge is 0.416 e. The van der Waals surface area contributed by atoms with Crippen molar-refractivity contribution in [3.63, 3.8) is 0 Å². The zero-order valence-corrected chi connectivity index (χ0v) is 18.5. The van der Waals surface area contributed by atoms with Crippen molar-refractivity contribution in [2.75, 3.05) is 18.3 Å². The molecule has 4 aromatic heterocycles. The first-order valence-corrected chi connectivity index (χ1v) is 13.0. The molecule has 0 saturated heterocycles. The average Bonchev–Trinajstić information content (AvgIpc) is 3.27. The summed E-state index contributed by atoms with van der Waals surface area (Å²) >= 11 is 0. The number of hydrogen-bond acceptors (Lipinski definition) is 8. The van der Waals surface area contributed by atoms with Crippen LogP contribution in [0.25, 0.3) is 22.7 Å². The van der Waals surface area contributed by atoms with Crippen LogP contribution in [0, 0.1) is 0 Å². The molecule has 4 heterocycles. The predicted octanol–water partition coefficient (Wildman–Crippen LogP) is 2.61. The van der Waals surface area contributed by atoms with Gasteiger partial charge in [-0.3, -0.25) is 0 Å². The number of nitrogens with zero attached hydrogens (tertiary/aromatic N) is 7. The summed E-state index contributed by atoms with van der Waals surface area (Å²) in [5, 5.41) is 7.85. The second-order valence-corrected chi connectivity index (χ2v) is 11.8. The summed E-state index contributed by atoms with van der Waals surface area (Å²) in [5.74, 6) is -0.392. The van der Waals surface area contributed by atoms with Crippen LogP contribution in [0.5, 0.6) is 0 Å². The van der Waals surface area contributed by atoms with Gasteiger partial charge in [0.1, 0.15) is 5.56 Å². The van der Waals surface area contributed by atoms with E-state index in [9.17, 15) is 25.8 Å². The fourth-order valence-corrected chi connectivity index (χ4v) is 4.48. The van der Waals surface area contributed by atoms with E-state index in [2.05, 4.69) is 24.5 Å². The van der Waals surface area contributed by atoms with Crippen molar-refractivity contribution in [2.45, 2.75) is 18.1 Å². The van der Waals surface area contributed by atoms with Crippen molar-refractivity contribution in [2.24, 2.45) is 4.36 Å². The zero-order valence-electron chi connectivity index (χ0n) is 16.9. The summed E-state index contributed by atoms with van der Waals surface area (Å²) in [5.41, 5.74) is -1.14. The van der Waals surface area contributed by atoms with Gasteiger partial charge in [-0.2, -0.15) is 27.1 Å². The topological polar surface area (TPSA) is 124 Å². The van der Waals surface area contributed by atoms with E-state index in [1.807, 2.05) is 0 Å². The molecule has 0 spiro atoms. The van der Waals surface area contributed by atoms with E-state index in [1.165, 1.54) is 31.7 Å². The van der Waals surface area contributed by atoms with Crippen LogP contribution in [0.3, 0.4) is 0 Å². The molecule has 0 atom stereocenters. The Bertz CT molecular complexity index is 1590. The lowest BCUT2D eigenvalue weighted by Crippen LogP contribution is -2.06. The Morgan fingerprint density at radius 2 is 1.84 bits per heavy atom. The number of aromatic nitrogens is 6. The molecular formula is C17H16F3N7O3S2. The smallest absolute Gasteiger partial charge is 0.250 e. The SMILES string of the molecule is CCS(=O)(=O)c1nn2c(N=S(C)(C)=O)ccnc2c1-c1nc2cc(C(F)(F)F)ccn2n1. The minimum Gasteiger partial charge on any atom is -0.250 e. The van der Waals surface area contributed by atoms with Crippen molar-refractivity contribution >= 4 is 36.7 Å². The fraction of sp³-hybridized carbons (Fsp3) is 0.294. The van der Waals surface area contributed by atoms with Gasteiger partial charge in [0.05, 0.1) is 11.3 Å². The van der Waals surface area contributed by atoms with Crippen LogP contribution >= 0.6 is 0 Å². The van der Waals surface area contributed by atoms with E-state index < -0.39 is 36.3 Å². The number of hydrogen-bond donors (Lipinski definition) is 0. The third-order valence-corrected chi connectivity index (χ3v) is 6.60. The molecule has 4 rings (SSSR count). The van der Waals surface area contributed by atoms with Gasteiger partial charge in [-0.15, -0.1) is 5.10 Å². The Morgan fingerprint density at radius 3 is 2.47 bits per heavy atom. The van der Waals surface area contributed by atoms with E-state index in [0.29, 0.717) is 0 Å². The molecule has 4 aromatic rings. The molecule has 0 bridgehead atoms. The van der Waals surface area contributed by atoms with Crippen molar-refractivity contribution in [3.8, 4) is 11.4 Å². The maximum absolute atomic E-state index is 13.1. The molecule has 0 aliphatic heterocycles. The number of halogens is 3. The summed E-state index contributed by atoms with van der Waals surface area (Å²) in [6.45, 7) is 1.42. The molecule has 0 aliphatic rings. The molecule has 0 fully saturated rings. The van der Waals surface area contributed by atoms with Gasteiger partial charge in [-0.25, -0.2) is 27.1 Å². The summed E-state index contributed by atoms with van der Waals surface area (Å²) in [6.07, 6.45) is 0.612. The van der Waals surface area contributed by atoms with Gasteiger partial charge in [0.15, 0.2) is 37.8 Å². The molecule has 170 valence electrons. The highest BCUT2D eigenvalue weighted by molar-refractivity contribution is 7.92. The van der Waals surface area contributed by atoms with Crippen molar-refractivity contribution < 1.29 is 25.8 Å². The van der Waals surface area contributed by atoms with E-state index in [4.69, 9.17) is 0 Å². The lowest BCUT2D eigenvalue weighted by atomic mass is 10.2. The average molecular weight is 487 g/mol. The number of rotatable bonds is 4. The summed E-state index contributed by atoms with van der Waals surface area (Å²) in [6, 6.07) is 3.04. The zero-order chi connectivity index (χ0) is 23.5.